The highest BCUT2D eigenvalue weighted by Crippen LogP contribution is 2.58. The van der Waals surface area contributed by atoms with Gasteiger partial charge < -0.3 is 9.16 Å². The predicted molar refractivity (Wildman–Crippen MR) is 130 cm³/mol. The Labute approximate surface area is 198 Å². The number of cyclic esters (lactones) is 1. The number of fused-ring (bicyclic) bond motifs is 5. The number of allylic oxidation sites excluding steroid dienone is 3. The van der Waals surface area contributed by atoms with Gasteiger partial charge in [-0.3, -0.25) is 9.69 Å². The highest BCUT2D eigenvalue weighted by molar-refractivity contribution is 6.74. The number of hydrogen-bond donors (Lipinski definition) is 0. The number of hydrogen-bond acceptors (Lipinski definition) is 4. The van der Waals surface area contributed by atoms with Crippen molar-refractivity contribution in [1.82, 2.24) is 4.90 Å². The molecule has 4 aliphatic rings. The van der Waals surface area contributed by atoms with Crippen LogP contribution in [0.2, 0.25) is 18.1 Å². The molecule has 5 nitrogen and oxygen atoms in total. The number of ether oxygens (including phenoxy) is 1. The Kier molecular flexibility index (Phi) is 5.44. The Hall–Kier alpha value is -2.18. The van der Waals surface area contributed by atoms with Gasteiger partial charge in [0.05, 0.1) is 11.7 Å². The van der Waals surface area contributed by atoms with E-state index < -0.39 is 14.4 Å². The number of amides is 1. The topological polar surface area (TPSA) is 55.8 Å². The third-order valence-corrected chi connectivity index (χ3v) is 13.2. The van der Waals surface area contributed by atoms with E-state index in [9.17, 15) is 9.59 Å². The summed E-state index contributed by atoms with van der Waals surface area (Å²) in [6.07, 6.45) is 5.83. The molecule has 6 heteroatoms. The number of nitrogens with zero attached hydrogens (tertiary/aromatic N) is 1. The van der Waals surface area contributed by atoms with E-state index in [1.807, 2.05) is 30.3 Å². The van der Waals surface area contributed by atoms with Crippen molar-refractivity contribution in [1.29, 1.82) is 0 Å². The van der Waals surface area contributed by atoms with Gasteiger partial charge in [0.25, 0.3) is 0 Å². The average Bonchev–Trinajstić information content (AvgIpc) is 3.51. The zero-order chi connectivity index (χ0) is 23.5. The lowest BCUT2D eigenvalue weighted by atomic mass is 9.81. The van der Waals surface area contributed by atoms with Gasteiger partial charge in [-0.15, -0.1) is 0 Å². The first-order chi connectivity index (χ1) is 15.6. The molecule has 0 N–H and O–H groups in total. The van der Waals surface area contributed by atoms with Crippen LogP contribution in [0.25, 0.3) is 0 Å². The van der Waals surface area contributed by atoms with E-state index in [2.05, 4.69) is 46.0 Å². The van der Waals surface area contributed by atoms with Crippen molar-refractivity contribution < 1.29 is 18.8 Å². The predicted octanol–water partition coefficient (Wildman–Crippen LogP) is 5.87. The summed E-state index contributed by atoms with van der Waals surface area (Å²) in [7, 11) is -1.90. The minimum atomic E-state index is -1.90. The second-order valence-electron chi connectivity index (χ2n) is 11.5. The summed E-state index contributed by atoms with van der Waals surface area (Å²) in [6.45, 7) is 12.1. The maximum Gasteiger partial charge on any atom is 0.415 e. The minimum absolute atomic E-state index is 0.0392. The zero-order valence-electron chi connectivity index (χ0n) is 20.3. The van der Waals surface area contributed by atoms with Gasteiger partial charge in [-0.05, 0) is 59.9 Å². The molecule has 1 saturated carbocycles. The second kappa shape index (κ2) is 7.95. The maximum absolute atomic E-state index is 13.8. The molecule has 0 unspecified atom stereocenters. The monoisotopic (exact) mass is 465 g/mol. The summed E-state index contributed by atoms with van der Waals surface area (Å²) in [5.41, 5.74) is 2.71. The van der Waals surface area contributed by atoms with Crippen molar-refractivity contribution >= 4 is 20.2 Å². The largest absolute Gasteiger partial charge is 0.447 e. The standard InChI is InChI=1S/C27H35NO4Si/c1-27(2,3)33(4,5)32-14-13-20-22-18-11-12-19(15-18)23(22)25(29)24(20)28-21(16-31-26(28)30)17-9-7-6-8-10-17/h6-12,18-19,21-23H,13-16H2,1-5H3/t18-,19+,21+,22+,23+/m1/s1. The van der Waals surface area contributed by atoms with Crippen LogP contribution in [-0.4, -0.2) is 38.3 Å². The molecule has 0 spiro atoms. The number of rotatable bonds is 6. The van der Waals surface area contributed by atoms with Gasteiger partial charge in [0.1, 0.15) is 6.61 Å². The van der Waals surface area contributed by atoms with Crippen LogP contribution < -0.4 is 0 Å². The number of Topliss-reactive ketones (excluding diaryl/α,β-unsaturated/α-hetero) is 1. The van der Waals surface area contributed by atoms with Crippen LogP contribution in [-0.2, 0) is 14.0 Å². The van der Waals surface area contributed by atoms with Gasteiger partial charge in [0.2, 0.25) is 0 Å². The average molecular weight is 466 g/mol. The summed E-state index contributed by atoms with van der Waals surface area (Å²) in [5, 5.41) is 0.130. The first kappa shape index (κ1) is 22.6. The van der Waals surface area contributed by atoms with Gasteiger partial charge in [0.15, 0.2) is 14.1 Å². The summed E-state index contributed by atoms with van der Waals surface area (Å²) < 4.78 is 12.0. The van der Waals surface area contributed by atoms with Gasteiger partial charge in [0, 0.05) is 12.5 Å². The molecule has 1 aromatic carbocycles. The van der Waals surface area contributed by atoms with Crippen LogP contribution in [0.4, 0.5) is 4.79 Å². The third kappa shape index (κ3) is 3.62. The SMILES string of the molecule is CC(C)(C)[Si](C)(C)OCCC1=C(N2C(=O)OC[C@H]2c2ccccc2)C(=O)[C@@H]2[C@H]1[C@@H]1C=C[C@H]2C1. The summed E-state index contributed by atoms with van der Waals surface area (Å²) in [5.74, 6) is 0.949. The molecule has 0 aromatic heterocycles. The lowest BCUT2D eigenvalue weighted by Crippen LogP contribution is -2.41. The fraction of sp³-hybridized carbons (Fsp3) is 0.556. The molecule has 33 heavy (non-hydrogen) atoms. The van der Waals surface area contributed by atoms with Crippen molar-refractivity contribution in [3.8, 4) is 0 Å². The van der Waals surface area contributed by atoms with E-state index in [1.165, 1.54) is 0 Å². The van der Waals surface area contributed by atoms with E-state index in [0.29, 0.717) is 24.6 Å². The molecule has 1 amide bonds. The first-order valence-corrected chi connectivity index (χ1v) is 15.1. The lowest BCUT2D eigenvalue weighted by Gasteiger charge is -2.36. The van der Waals surface area contributed by atoms with E-state index in [-0.39, 0.29) is 41.2 Å². The van der Waals surface area contributed by atoms with Crippen LogP contribution in [0, 0.1) is 23.7 Å². The number of ketones is 1. The highest BCUT2D eigenvalue weighted by Gasteiger charge is 2.57. The molecule has 176 valence electrons. The van der Waals surface area contributed by atoms with Crippen molar-refractivity contribution in [3.63, 3.8) is 0 Å². The smallest absolute Gasteiger partial charge is 0.415 e. The molecule has 2 bridgehead atoms. The fourth-order valence-corrected chi connectivity index (χ4v) is 6.95. The second-order valence-corrected chi connectivity index (χ2v) is 16.3. The lowest BCUT2D eigenvalue weighted by molar-refractivity contribution is -0.120. The van der Waals surface area contributed by atoms with E-state index in [0.717, 1.165) is 17.6 Å². The van der Waals surface area contributed by atoms with Gasteiger partial charge in [-0.25, -0.2) is 4.79 Å². The Morgan fingerprint density at radius 2 is 1.73 bits per heavy atom. The molecule has 5 atom stereocenters. The fourth-order valence-electron chi connectivity index (χ4n) is 5.91. The first-order valence-electron chi connectivity index (χ1n) is 12.2. The molecule has 1 saturated heterocycles. The number of benzene rings is 1. The quantitative estimate of drug-likeness (QED) is 0.390. The van der Waals surface area contributed by atoms with Crippen LogP contribution in [0.15, 0.2) is 53.8 Å². The van der Waals surface area contributed by atoms with Crippen molar-refractivity contribution in [2.24, 2.45) is 23.7 Å². The van der Waals surface area contributed by atoms with Crippen molar-refractivity contribution in [2.75, 3.05) is 13.2 Å². The third-order valence-electron chi connectivity index (χ3n) is 8.64. The van der Waals surface area contributed by atoms with Crippen molar-refractivity contribution in [2.45, 2.75) is 57.8 Å². The molecular weight excluding hydrogens is 430 g/mol. The Morgan fingerprint density at radius 3 is 2.39 bits per heavy atom. The molecule has 5 rings (SSSR count). The Balaban J connectivity index is 1.50. The summed E-state index contributed by atoms with van der Waals surface area (Å²) in [4.78, 5) is 28.5. The van der Waals surface area contributed by atoms with Crippen LogP contribution in [0.1, 0.15) is 45.2 Å². The van der Waals surface area contributed by atoms with E-state index >= 15 is 0 Å². The van der Waals surface area contributed by atoms with E-state index in [4.69, 9.17) is 9.16 Å². The minimum Gasteiger partial charge on any atom is -0.447 e. The number of carbonyl (C=O) groups is 2. The molecular formula is C27H35NO4Si. The summed E-state index contributed by atoms with van der Waals surface area (Å²) in [6, 6.07) is 9.64. The summed E-state index contributed by atoms with van der Waals surface area (Å²) >= 11 is 0. The zero-order valence-corrected chi connectivity index (χ0v) is 21.3. The van der Waals surface area contributed by atoms with Crippen LogP contribution in [0.3, 0.4) is 0 Å². The van der Waals surface area contributed by atoms with Gasteiger partial charge in [-0.1, -0.05) is 63.3 Å². The number of carbonyl (C=O) groups excluding carboxylic acids is 2. The normalized spacial score (nSPS) is 31.1. The molecule has 2 fully saturated rings. The van der Waals surface area contributed by atoms with Crippen LogP contribution >= 0.6 is 0 Å². The Morgan fingerprint density at radius 1 is 1.06 bits per heavy atom. The van der Waals surface area contributed by atoms with Crippen molar-refractivity contribution in [3.05, 3.63) is 59.3 Å². The van der Waals surface area contributed by atoms with E-state index in [1.54, 1.807) is 4.90 Å². The van der Waals surface area contributed by atoms with Gasteiger partial charge in [-0.2, -0.15) is 0 Å². The molecule has 1 aromatic rings. The molecule has 3 aliphatic carbocycles. The van der Waals surface area contributed by atoms with Gasteiger partial charge >= 0.3 is 6.09 Å². The molecule has 1 aliphatic heterocycles. The molecule has 1 heterocycles. The Bertz CT molecular complexity index is 1020. The molecule has 0 radical (unpaired) electrons. The van der Waals surface area contributed by atoms with Crippen LogP contribution in [0.5, 0.6) is 0 Å². The maximum atomic E-state index is 13.8. The highest BCUT2D eigenvalue weighted by atomic mass is 28.4.